The zero-order valence-corrected chi connectivity index (χ0v) is 29.3. The van der Waals surface area contributed by atoms with Gasteiger partial charge in [-0.3, -0.25) is 0 Å². The lowest BCUT2D eigenvalue weighted by molar-refractivity contribution is 0.426. The van der Waals surface area contributed by atoms with Crippen LogP contribution in [0.25, 0.3) is 110 Å². The van der Waals surface area contributed by atoms with Gasteiger partial charge >= 0.3 is 7.12 Å². The summed E-state index contributed by atoms with van der Waals surface area (Å²) in [5.41, 5.74) is 12.4. The van der Waals surface area contributed by atoms with E-state index in [2.05, 4.69) is 118 Å². The number of benzene rings is 8. The Bertz CT molecular complexity index is 3550. The van der Waals surface area contributed by atoms with Crippen molar-refractivity contribution in [2.24, 2.45) is 0 Å². The van der Waals surface area contributed by atoms with Gasteiger partial charge in [0.15, 0.2) is 0 Å². The van der Waals surface area contributed by atoms with E-state index in [0.717, 1.165) is 99.2 Å². The van der Waals surface area contributed by atoms with Gasteiger partial charge in [-0.1, -0.05) is 78.9 Å². The summed E-state index contributed by atoms with van der Waals surface area (Å²) in [4.78, 5) is 0. The van der Waals surface area contributed by atoms with E-state index >= 15 is 0 Å². The van der Waals surface area contributed by atoms with Gasteiger partial charge in [-0.2, -0.15) is 0 Å². The molecule has 12 rings (SSSR count). The minimum atomic E-state index is -1.58. The van der Waals surface area contributed by atoms with Crippen molar-refractivity contribution >= 4 is 100 Å². The van der Waals surface area contributed by atoms with Crippen LogP contribution < -0.4 is 5.46 Å². The van der Waals surface area contributed by atoms with Crippen molar-refractivity contribution in [3.8, 4) is 22.5 Å². The third kappa shape index (κ3) is 4.39. The van der Waals surface area contributed by atoms with Crippen molar-refractivity contribution in [3.05, 3.63) is 164 Å². The molecular formula is C48H29BN2O4. The van der Waals surface area contributed by atoms with Gasteiger partial charge in [0.05, 0.1) is 22.1 Å². The summed E-state index contributed by atoms with van der Waals surface area (Å²) in [6.45, 7) is 0. The van der Waals surface area contributed by atoms with Crippen LogP contribution in [-0.4, -0.2) is 26.3 Å². The van der Waals surface area contributed by atoms with Gasteiger partial charge in [0.25, 0.3) is 0 Å². The Morgan fingerprint density at radius 2 is 0.782 bits per heavy atom. The van der Waals surface area contributed by atoms with Crippen LogP contribution in [0.4, 0.5) is 0 Å². The standard InChI is InChI=1S/C48H29BN2O4/c52-49(53)30-15-20-44-38(25-30)37-24-29(14-19-43(37)51(44)32-17-22-48-40(27-32)35-9-3-6-12-46(35)55-48)28-13-18-42-36(23-28)33-7-1-4-10-41(33)50(42)31-16-21-47-39(26-31)34-8-2-5-11-45(34)54-47/h1-27,52-53H. The van der Waals surface area contributed by atoms with Gasteiger partial charge in [0, 0.05) is 54.5 Å². The molecule has 12 aromatic rings. The first kappa shape index (κ1) is 30.4. The molecule has 0 spiro atoms. The average molecular weight is 709 g/mol. The highest BCUT2D eigenvalue weighted by molar-refractivity contribution is 6.59. The maximum Gasteiger partial charge on any atom is 0.488 e. The van der Waals surface area contributed by atoms with E-state index in [4.69, 9.17) is 8.83 Å². The van der Waals surface area contributed by atoms with E-state index in [1.165, 1.54) is 10.8 Å². The van der Waals surface area contributed by atoms with Gasteiger partial charge in [0.1, 0.15) is 22.3 Å². The third-order valence-corrected chi connectivity index (χ3v) is 11.3. The summed E-state index contributed by atoms with van der Waals surface area (Å²) in [6.07, 6.45) is 0. The van der Waals surface area contributed by atoms with E-state index in [1.807, 2.05) is 48.5 Å². The topological polar surface area (TPSA) is 76.6 Å². The predicted octanol–water partition coefficient (Wildman–Crippen LogP) is 11.0. The van der Waals surface area contributed by atoms with Crippen LogP contribution in [0, 0.1) is 0 Å². The fourth-order valence-corrected chi connectivity index (χ4v) is 8.80. The van der Waals surface area contributed by atoms with Gasteiger partial charge in [-0.05, 0) is 102 Å². The molecule has 0 radical (unpaired) electrons. The molecule has 7 heteroatoms. The summed E-state index contributed by atoms with van der Waals surface area (Å²) in [5, 5.41) is 29.0. The SMILES string of the molecule is OB(O)c1ccc2c(c1)c1cc(-c3ccc4c(c3)c3ccccc3n4-c3ccc4oc5ccccc5c4c3)ccc1n2-c1ccc2oc3ccccc3c2c1. The quantitative estimate of drug-likeness (QED) is 0.179. The van der Waals surface area contributed by atoms with Crippen LogP contribution in [-0.2, 0) is 0 Å². The van der Waals surface area contributed by atoms with E-state index in [0.29, 0.717) is 5.46 Å². The van der Waals surface area contributed by atoms with Crippen LogP contribution in [0.15, 0.2) is 173 Å². The van der Waals surface area contributed by atoms with E-state index in [-0.39, 0.29) is 0 Å². The van der Waals surface area contributed by atoms with Crippen LogP contribution in [0.5, 0.6) is 0 Å². The Labute approximate surface area is 313 Å². The molecule has 0 saturated carbocycles. The highest BCUT2D eigenvalue weighted by atomic mass is 16.4. The first-order valence-electron chi connectivity index (χ1n) is 18.4. The van der Waals surface area contributed by atoms with Crippen molar-refractivity contribution in [3.63, 3.8) is 0 Å². The first-order valence-corrected chi connectivity index (χ1v) is 18.4. The highest BCUT2D eigenvalue weighted by Crippen LogP contribution is 2.40. The maximum atomic E-state index is 10.2. The number of aromatic nitrogens is 2. The number of para-hydroxylation sites is 3. The molecule has 0 aliphatic rings. The predicted molar refractivity (Wildman–Crippen MR) is 225 cm³/mol. The minimum absolute atomic E-state index is 0.448. The maximum absolute atomic E-state index is 10.2. The van der Waals surface area contributed by atoms with Gasteiger partial charge in [-0.15, -0.1) is 0 Å². The highest BCUT2D eigenvalue weighted by Gasteiger charge is 2.20. The molecule has 2 N–H and O–H groups in total. The fraction of sp³-hybridized carbons (Fsp3) is 0. The molecule has 0 aliphatic carbocycles. The van der Waals surface area contributed by atoms with E-state index in [1.54, 1.807) is 6.07 Å². The monoisotopic (exact) mass is 708 g/mol. The normalized spacial score (nSPS) is 12.2. The Kier molecular flexibility index (Phi) is 6.21. The molecule has 55 heavy (non-hydrogen) atoms. The molecule has 4 heterocycles. The summed E-state index contributed by atoms with van der Waals surface area (Å²) < 4.78 is 16.9. The number of hydrogen-bond donors (Lipinski definition) is 2. The lowest BCUT2D eigenvalue weighted by Crippen LogP contribution is -2.29. The fourth-order valence-electron chi connectivity index (χ4n) is 8.80. The number of rotatable bonds is 4. The Morgan fingerprint density at radius 3 is 1.35 bits per heavy atom. The largest absolute Gasteiger partial charge is 0.488 e. The smallest absolute Gasteiger partial charge is 0.456 e. The molecule has 0 fully saturated rings. The molecule has 0 atom stereocenters. The van der Waals surface area contributed by atoms with Crippen molar-refractivity contribution in [1.29, 1.82) is 0 Å². The first-order chi connectivity index (χ1) is 27.1. The number of fused-ring (bicyclic) bond motifs is 12. The van der Waals surface area contributed by atoms with Crippen LogP contribution in [0.2, 0.25) is 0 Å². The summed E-state index contributed by atoms with van der Waals surface area (Å²) in [7, 11) is -1.58. The molecule has 0 unspecified atom stereocenters. The van der Waals surface area contributed by atoms with E-state index in [9.17, 15) is 10.0 Å². The van der Waals surface area contributed by atoms with Gasteiger partial charge in [0.2, 0.25) is 0 Å². The summed E-state index contributed by atoms with van der Waals surface area (Å²) in [5.74, 6) is 0. The molecule has 0 bridgehead atoms. The summed E-state index contributed by atoms with van der Waals surface area (Å²) >= 11 is 0. The second-order valence-electron chi connectivity index (χ2n) is 14.4. The van der Waals surface area contributed by atoms with Crippen LogP contribution in [0.3, 0.4) is 0 Å². The molecule has 0 aliphatic heterocycles. The lowest BCUT2D eigenvalue weighted by Gasteiger charge is -2.10. The molecule has 4 aromatic heterocycles. The summed E-state index contributed by atoms with van der Waals surface area (Å²) in [6, 6.07) is 56.6. The van der Waals surface area contributed by atoms with Crippen LogP contribution >= 0.6 is 0 Å². The number of furan rings is 2. The molecular weight excluding hydrogens is 679 g/mol. The van der Waals surface area contributed by atoms with Crippen molar-refractivity contribution in [2.75, 3.05) is 0 Å². The molecule has 8 aromatic carbocycles. The second kappa shape index (κ2) is 11.2. The van der Waals surface area contributed by atoms with Crippen LogP contribution in [0.1, 0.15) is 0 Å². The second-order valence-corrected chi connectivity index (χ2v) is 14.4. The van der Waals surface area contributed by atoms with Crippen molar-refractivity contribution < 1.29 is 18.9 Å². The minimum Gasteiger partial charge on any atom is -0.456 e. The lowest BCUT2D eigenvalue weighted by atomic mass is 9.80. The number of nitrogens with zero attached hydrogens (tertiary/aromatic N) is 2. The van der Waals surface area contributed by atoms with E-state index < -0.39 is 7.12 Å². The Morgan fingerprint density at radius 1 is 0.345 bits per heavy atom. The van der Waals surface area contributed by atoms with Gasteiger partial charge < -0.3 is 28.0 Å². The van der Waals surface area contributed by atoms with Crippen molar-refractivity contribution in [2.45, 2.75) is 0 Å². The molecule has 0 amide bonds. The Hall–Kier alpha value is -7.06. The third-order valence-electron chi connectivity index (χ3n) is 11.3. The Balaban J connectivity index is 1.05. The molecule has 258 valence electrons. The number of hydrogen-bond acceptors (Lipinski definition) is 4. The average Bonchev–Trinajstić information content (AvgIpc) is 3.97. The molecule has 6 nitrogen and oxygen atoms in total. The zero-order chi connectivity index (χ0) is 36.4. The van der Waals surface area contributed by atoms with Gasteiger partial charge in [-0.25, -0.2) is 0 Å². The van der Waals surface area contributed by atoms with Crippen molar-refractivity contribution in [1.82, 2.24) is 9.13 Å². The zero-order valence-electron chi connectivity index (χ0n) is 29.3. The molecule has 0 saturated heterocycles.